The molecule has 0 unspecified atom stereocenters. The van der Waals surface area contributed by atoms with Crippen LogP contribution in [-0.4, -0.2) is 20.4 Å². The maximum Gasteiger partial charge on any atom is 4.00 e. The van der Waals surface area contributed by atoms with Crippen molar-refractivity contribution in [3.63, 3.8) is 0 Å². The van der Waals surface area contributed by atoms with Gasteiger partial charge in [-0.1, -0.05) is 0 Å². The molecule has 4 nitrogen and oxygen atoms in total. The Bertz CT molecular complexity index is 24.1. The van der Waals surface area contributed by atoms with E-state index in [1.807, 2.05) is 0 Å². The molecule has 0 aliphatic rings. The van der Waals surface area contributed by atoms with Crippen LogP contribution in [0.5, 0.6) is 0 Å². The van der Waals surface area contributed by atoms with E-state index in [2.05, 4.69) is 0 Å². The molecule has 0 saturated carbocycles. The Morgan fingerprint density at radius 1 is 0.538 bits per heavy atom. The second kappa shape index (κ2) is 80.8. The van der Waals surface area contributed by atoms with Crippen LogP contribution in [0.4, 0.5) is 0 Å². The van der Waals surface area contributed by atoms with Crippen molar-refractivity contribution in [3.05, 3.63) is 26.4 Å². The summed E-state index contributed by atoms with van der Waals surface area (Å²) in [4.78, 5) is 0. The van der Waals surface area contributed by atoms with Gasteiger partial charge >= 0.3 is 21.7 Å². The topological polar surface area (TPSA) is 80.9 Å². The first-order valence-corrected chi connectivity index (χ1v) is 3.34. The Labute approximate surface area is 96.5 Å². The first-order valence-electron chi connectivity index (χ1n) is 3.34. The van der Waals surface area contributed by atoms with Gasteiger partial charge in [-0.3, -0.25) is 0 Å². The molecule has 0 amide bonds. The van der Waals surface area contributed by atoms with E-state index in [9.17, 15) is 0 Å². The summed E-state index contributed by atoms with van der Waals surface area (Å²) in [5.41, 5.74) is 0. The molecule has 0 heterocycles. The van der Waals surface area contributed by atoms with Crippen molar-refractivity contribution < 1.29 is 42.1 Å². The van der Waals surface area contributed by atoms with Crippen molar-refractivity contribution in [2.45, 2.75) is 27.7 Å². The van der Waals surface area contributed by atoms with Crippen LogP contribution < -0.4 is 0 Å². The largest absolute Gasteiger partial charge is 4.00 e. The first kappa shape index (κ1) is 29.2. The summed E-state index contributed by atoms with van der Waals surface area (Å²) in [6.45, 7) is 10.2. The predicted molar refractivity (Wildman–Crippen MR) is 47.6 cm³/mol. The maximum absolute atomic E-state index is 7.44. The van der Waals surface area contributed by atoms with Crippen molar-refractivity contribution in [2.24, 2.45) is 0 Å². The van der Waals surface area contributed by atoms with E-state index in [0.717, 1.165) is 26.4 Å². The third kappa shape index (κ3) is 4550. The van der Waals surface area contributed by atoms with Crippen LogP contribution >= 0.6 is 0 Å². The van der Waals surface area contributed by atoms with E-state index in [0.29, 0.717) is 0 Å². The third-order valence-electron chi connectivity index (χ3n) is 0. The molecule has 0 spiro atoms. The van der Waals surface area contributed by atoms with Crippen molar-refractivity contribution in [1.29, 1.82) is 0 Å². The minimum atomic E-state index is 0. The molecule has 5 heteroatoms. The molecule has 13 heavy (non-hydrogen) atoms. The monoisotopic (exact) mass is 228 g/mol. The zero-order valence-electron chi connectivity index (χ0n) is 8.60. The van der Waals surface area contributed by atoms with E-state index >= 15 is 0 Å². The molecule has 0 aromatic heterocycles. The Morgan fingerprint density at radius 3 is 0.538 bits per heavy atom. The minimum Gasteiger partial charge on any atom is -0.566 e. The van der Waals surface area contributed by atoms with Gasteiger partial charge < -0.3 is 20.4 Å². The summed E-state index contributed by atoms with van der Waals surface area (Å²) < 4.78 is 0. The summed E-state index contributed by atoms with van der Waals surface area (Å²) >= 11 is 0. The molecule has 80 valence electrons. The molecule has 4 N–H and O–H groups in total. The van der Waals surface area contributed by atoms with Crippen molar-refractivity contribution in [2.75, 3.05) is 0 Å². The van der Waals surface area contributed by atoms with Crippen LogP contribution in [-0.2, 0) is 21.7 Å². The molecule has 0 aromatic rings. The van der Waals surface area contributed by atoms with Crippen LogP contribution in [0.25, 0.3) is 0 Å². The van der Waals surface area contributed by atoms with E-state index < -0.39 is 0 Å². The Morgan fingerprint density at radius 2 is 0.538 bits per heavy atom. The van der Waals surface area contributed by atoms with Gasteiger partial charge in [0.2, 0.25) is 0 Å². The molecule has 0 aromatic carbocycles. The summed E-state index contributed by atoms with van der Waals surface area (Å²) in [5.74, 6) is 0. The molecular formula is C8H20O4Ti. The fourth-order valence-corrected chi connectivity index (χ4v) is 0. The number of aliphatic hydroxyl groups is 4. The van der Waals surface area contributed by atoms with E-state index in [4.69, 9.17) is 20.4 Å². The van der Waals surface area contributed by atoms with Gasteiger partial charge in [0, 0.05) is 0 Å². The van der Waals surface area contributed by atoms with Gasteiger partial charge in [0.1, 0.15) is 0 Å². The molecule has 0 aliphatic heterocycles. The van der Waals surface area contributed by atoms with Gasteiger partial charge in [0.05, 0.1) is 0 Å². The van der Waals surface area contributed by atoms with Gasteiger partial charge in [0.15, 0.2) is 0 Å². The molecule has 0 radical (unpaired) electrons. The van der Waals surface area contributed by atoms with Crippen LogP contribution in [0.3, 0.4) is 0 Å². The second-order valence-electron chi connectivity index (χ2n) is 1.03. The molecule has 0 fully saturated rings. The summed E-state index contributed by atoms with van der Waals surface area (Å²) in [6.07, 6.45) is 0. The summed E-state index contributed by atoms with van der Waals surface area (Å²) in [5, 5.41) is 29.8. The minimum absolute atomic E-state index is 0. The van der Waals surface area contributed by atoms with Crippen LogP contribution in [0.2, 0.25) is 0 Å². The SMILES string of the molecule is C[CH-]O.C[CH-]O.C[CH-]O.C[CH-]O.[Ti+4]. The van der Waals surface area contributed by atoms with E-state index in [-0.39, 0.29) is 21.7 Å². The Balaban J connectivity index is -0.0000000213. The smallest absolute Gasteiger partial charge is 0.566 e. The fourth-order valence-electron chi connectivity index (χ4n) is 0. The molecule has 0 atom stereocenters. The Hall–Kier alpha value is 0.554. The number of hydrogen-bond donors (Lipinski definition) is 4. The molecule has 0 aliphatic carbocycles. The maximum atomic E-state index is 7.44. The zero-order chi connectivity index (χ0) is 10.8. The molecule has 0 rings (SSSR count). The molecule has 0 saturated heterocycles. The zero-order valence-corrected chi connectivity index (χ0v) is 10.2. The van der Waals surface area contributed by atoms with Crippen LogP contribution in [0, 0.1) is 26.4 Å². The predicted octanol–water partition coefficient (Wildman–Crippen LogP) is 2.16. The van der Waals surface area contributed by atoms with Gasteiger partial charge in [-0.25, -0.2) is 26.4 Å². The first-order chi connectivity index (χ1) is 5.66. The van der Waals surface area contributed by atoms with Gasteiger partial charge in [-0.2, -0.15) is 27.7 Å². The average molecular weight is 228 g/mol. The van der Waals surface area contributed by atoms with E-state index in [1.165, 1.54) is 0 Å². The van der Waals surface area contributed by atoms with Gasteiger partial charge in [-0.15, -0.1) is 0 Å². The number of rotatable bonds is 0. The van der Waals surface area contributed by atoms with Crippen LogP contribution in [0.1, 0.15) is 27.7 Å². The fraction of sp³-hybridized carbons (Fsp3) is 0.500. The Kier molecular flexibility index (Phi) is 181. The standard InChI is InChI=1S/4C2H5O.Ti/c4*1-2-3;/h4*2-3H,1H3;/q4*-1;+4. The quantitative estimate of drug-likeness (QED) is 0.378. The second-order valence-corrected chi connectivity index (χ2v) is 1.03. The van der Waals surface area contributed by atoms with Gasteiger partial charge in [0.25, 0.3) is 0 Å². The summed E-state index contributed by atoms with van der Waals surface area (Å²) in [6, 6.07) is 0. The summed E-state index contributed by atoms with van der Waals surface area (Å²) in [7, 11) is 0. The number of hydrogen-bond acceptors (Lipinski definition) is 4. The van der Waals surface area contributed by atoms with Crippen LogP contribution in [0.15, 0.2) is 0 Å². The molecular weight excluding hydrogens is 208 g/mol. The normalized spacial score (nSPS) is 5.54. The molecule has 0 bridgehead atoms. The number of aliphatic hydroxyl groups excluding tert-OH is 4. The van der Waals surface area contributed by atoms with E-state index in [1.54, 1.807) is 27.7 Å². The van der Waals surface area contributed by atoms with Crippen molar-refractivity contribution in [1.82, 2.24) is 0 Å². The third-order valence-corrected chi connectivity index (χ3v) is 0. The average Bonchev–Trinajstić information content (AvgIpc) is 1.92. The van der Waals surface area contributed by atoms with Crippen molar-refractivity contribution in [3.8, 4) is 0 Å². The van der Waals surface area contributed by atoms with Gasteiger partial charge in [-0.05, 0) is 0 Å². The van der Waals surface area contributed by atoms with Crippen molar-refractivity contribution >= 4 is 0 Å².